The highest BCUT2D eigenvalue weighted by Gasteiger charge is 2.34. The third-order valence-electron chi connectivity index (χ3n) is 5.24. The van der Waals surface area contributed by atoms with E-state index in [-0.39, 0.29) is 23.8 Å². The lowest BCUT2D eigenvalue weighted by atomic mass is 10.0. The van der Waals surface area contributed by atoms with Crippen LogP contribution in [0.2, 0.25) is 5.02 Å². The van der Waals surface area contributed by atoms with Crippen LogP contribution in [0, 0.1) is 5.82 Å². The van der Waals surface area contributed by atoms with Gasteiger partial charge in [0.25, 0.3) is 0 Å². The lowest BCUT2D eigenvalue weighted by molar-refractivity contribution is -0.133. The van der Waals surface area contributed by atoms with Gasteiger partial charge in [0.1, 0.15) is 11.9 Å². The summed E-state index contributed by atoms with van der Waals surface area (Å²) in [5.41, 5.74) is 7.98. The molecule has 2 aromatic rings. The van der Waals surface area contributed by atoms with Gasteiger partial charge in [-0.25, -0.2) is 15.2 Å². The number of nitrogens with one attached hydrogen (secondary N) is 2. The highest BCUT2D eigenvalue weighted by atomic mass is 35.5. The number of halogens is 2. The SMILES string of the molecule is O=C(C1CC(c2cccc(Cl)c2)NN1)N1CCN(c2ccccc2F)CC1. The second-order valence-corrected chi connectivity index (χ2v) is 7.38. The monoisotopic (exact) mass is 388 g/mol. The summed E-state index contributed by atoms with van der Waals surface area (Å²) in [6.07, 6.45) is 0.673. The molecule has 2 unspecified atom stereocenters. The van der Waals surface area contributed by atoms with Crippen molar-refractivity contribution in [3.63, 3.8) is 0 Å². The smallest absolute Gasteiger partial charge is 0.241 e. The average Bonchev–Trinajstić information content (AvgIpc) is 3.18. The molecule has 2 heterocycles. The number of rotatable bonds is 3. The lowest BCUT2D eigenvalue weighted by Gasteiger charge is -2.37. The van der Waals surface area contributed by atoms with Crippen LogP contribution < -0.4 is 15.8 Å². The Balaban J connectivity index is 1.34. The van der Waals surface area contributed by atoms with Gasteiger partial charge in [0.05, 0.1) is 5.69 Å². The van der Waals surface area contributed by atoms with Crippen LogP contribution in [0.4, 0.5) is 10.1 Å². The molecule has 2 aliphatic rings. The molecule has 5 nitrogen and oxygen atoms in total. The second-order valence-electron chi connectivity index (χ2n) is 6.95. The van der Waals surface area contributed by atoms with Gasteiger partial charge < -0.3 is 9.80 Å². The van der Waals surface area contributed by atoms with E-state index in [1.807, 2.05) is 40.1 Å². The Labute approximate surface area is 163 Å². The van der Waals surface area contributed by atoms with Crippen molar-refractivity contribution in [3.8, 4) is 0 Å². The van der Waals surface area contributed by atoms with E-state index in [0.29, 0.717) is 43.3 Å². The van der Waals surface area contributed by atoms with E-state index in [1.54, 1.807) is 12.1 Å². The van der Waals surface area contributed by atoms with Crippen LogP contribution in [0.15, 0.2) is 48.5 Å². The number of hydrazine groups is 1. The number of carbonyl (C=O) groups excluding carboxylic acids is 1. The standard InChI is InChI=1S/C20H22ClFN4O/c21-15-5-3-4-14(12-15)17-13-18(24-23-17)20(27)26-10-8-25(9-11-26)19-7-2-1-6-16(19)22/h1-7,12,17-18,23-24H,8-11,13H2. The van der Waals surface area contributed by atoms with Crippen molar-refractivity contribution in [1.29, 1.82) is 0 Å². The van der Waals surface area contributed by atoms with Crippen LogP contribution in [0.1, 0.15) is 18.0 Å². The molecule has 0 saturated carbocycles. The van der Waals surface area contributed by atoms with Crippen molar-refractivity contribution in [3.05, 3.63) is 64.9 Å². The van der Waals surface area contributed by atoms with Crippen molar-refractivity contribution in [2.75, 3.05) is 31.1 Å². The van der Waals surface area contributed by atoms with Crippen molar-refractivity contribution >= 4 is 23.2 Å². The van der Waals surface area contributed by atoms with Crippen molar-refractivity contribution < 1.29 is 9.18 Å². The minimum Gasteiger partial charge on any atom is -0.366 e. The van der Waals surface area contributed by atoms with Gasteiger partial charge in [-0.15, -0.1) is 0 Å². The normalized spacial score (nSPS) is 22.9. The van der Waals surface area contributed by atoms with E-state index in [9.17, 15) is 9.18 Å². The Morgan fingerprint density at radius 2 is 1.81 bits per heavy atom. The molecule has 0 radical (unpaired) electrons. The summed E-state index contributed by atoms with van der Waals surface area (Å²) in [6, 6.07) is 14.2. The summed E-state index contributed by atoms with van der Waals surface area (Å²) >= 11 is 6.06. The fourth-order valence-corrected chi connectivity index (χ4v) is 3.96. The molecule has 2 saturated heterocycles. The molecule has 0 aromatic heterocycles. The number of carbonyl (C=O) groups is 1. The fraction of sp³-hybridized carbons (Fsp3) is 0.350. The summed E-state index contributed by atoms with van der Waals surface area (Å²) in [6.45, 7) is 2.44. The first-order valence-electron chi connectivity index (χ1n) is 9.16. The Bertz CT molecular complexity index is 825. The van der Waals surface area contributed by atoms with Gasteiger partial charge in [-0.05, 0) is 36.2 Å². The van der Waals surface area contributed by atoms with Crippen LogP contribution in [0.5, 0.6) is 0 Å². The molecule has 4 rings (SSSR count). The van der Waals surface area contributed by atoms with E-state index in [2.05, 4.69) is 10.9 Å². The zero-order chi connectivity index (χ0) is 18.8. The Hall–Kier alpha value is -2.15. The molecule has 2 atom stereocenters. The lowest BCUT2D eigenvalue weighted by Crippen LogP contribution is -2.53. The number of amides is 1. The molecule has 0 bridgehead atoms. The number of anilines is 1. The zero-order valence-corrected chi connectivity index (χ0v) is 15.6. The quantitative estimate of drug-likeness (QED) is 0.848. The number of para-hydroxylation sites is 1. The Kier molecular flexibility index (Phi) is 5.29. The van der Waals surface area contributed by atoms with Gasteiger partial charge in [0.2, 0.25) is 5.91 Å². The summed E-state index contributed by atoms with van der Waals surface area (Å²) in [5, 5.41) is 0.688. The van der Waals surface area contributed by atoms with Crippen molar-refractivity contribution in [2.45, 2.75) is 18.5 Å². The van der Waals surface area contributed by atoms with Gasteiger partial charge in [0, 0.05) is 37.2 Å². The van der Waals surface area contributed by atoms with Gasteiger partial charge in [0.15, 0.2) is 0 Å². The zero-order valence-electron chi connectivity index (χ0n) is 14.9. The summed E-state index contributed by atoms with van der Waals surface area (Å²) in [7, 11) is 0. The predicted octanol–water partition coefficient (Wildman–Crippen LogP) is 2.74. The van der Waals surface area contributed by atoms with E-state index < -0.39 is 0 Å². The summed E-state index contributed by atoms with van der Waals surface area (Å²) < 4.78 is 14.0. The van der Waals surface area contributed by atoms with Crippen LogP contribution in [0.25, 0.3) is 0 Å². The summed E-state index contributed by atoms with van der Waals surface area (Å²) in [4.78, 5) is 16.7. The molecule has 27 heavy (non-hydrogen) atoms. The largest absolute Gasteiger partial charge is 0.366 e. The molecule has 7 heteroatoms. The van der Waals surface area contributed by atoms with E-state index >= 15 is 0 Å². The van der Waals surface area contributed by atoms with E-state index in [0.717, 1.165) is 5.56 Å². The minimum absolute atomic E-state index is 0.0531. The molecule has 0 spiro atoms. The van der Waals surface area contributed by atoms with Crippen molar-refractivity contribution in [1.82, 2.24) is 15.8 Å². The summed E-state index contributed by atoms with van der Waals surface area (Å²) in [5.74, 6) is -0.136. The number of hydrogen-bond acceptors (Lipinski definition) is 4. The van der Waals surface area contributed by atoms with Gasteiger partial charge in [-0.2, -0.15) is 0 Å². The van der Waals surface area contributed by atoms with Crippen molar-refractivity contribution in [2.24, 2.45) is 0 Å². The molecule has 2 N–H and O–H groups in total. The predicted molar refractivity (Wildman–Crippen MR) is 104 cm³/mol. The molecule has 142 valence electrons. The van der Waals surface area contributed by atoms with Crippen LogP contribution in [0.3, 0.4) is 0 Å². The first-order valence-corrected chi connectivity index (χ1v) is 9.54. The highest BCUT2D eigenvalue weighted by molar-refractivity contribution is 6.30. The third-order valence-corrected chi connectivity index (χ3v) is 5.47. The molecule has 0 aliphatic carbocycles. The fourth-order valence-electron chi connectivity index (χ4n) is 3.76. The maximum atomic E-state index is 14.0. The Morgan fingerprint density at radius 3 is 2.56 bits per heavy atom. The van der Waals surface area contributed by atoms with E-state index in [4.69, 9.17) is 11.6 Å². The molecular formula is C20H22ClFN4O. The number of nitrogens with zero attached hydrogens (tertiary/aromatic N) is 2. The second kappa shape index (κ2) is 7.84. The first kappa shape index (κ1) is 18.2. The van der Waals surface area contributed by atoms with Gasteiger partial charge >= 0.3 is 0 Å². The van der Waals surface area contributed by atoms with Crippen LogP contribution >= 0.6 is 11.6 Å². The number of hydrogen-bond donors (Lipinski definition) is 2. The molecule has 2 aromatic carbocycles. The third kappa shape index (κ3) is 3.93. The molecule has 2 fully saturated rings. The van der Waals surface area contributed by atoms with Gasteiger partial charge in [-0.1, -0.05) is 35.9 Å². The number of piperazine rings is 1. The highest BCUT2D eigenvalue weighted by Crippen LogP contribution is 2.26. The maximum Gasteiger partial charge on any atom is 0.241 e. The van der Waals surface area contributed by atoms with Crippen LogP contribution in [-0.4, -0.2) is 43.0 Å². The van der Waals surface area contributed by atoms with Gasteiger partial charge in [-0.3, -0.25) is 4.79 Å². The molecule has 1 amide bonds. The molecular weight excluding hydrogens is 367 g/mol. The number of benzene rings is 2. The topological polar surface area (TPSA) is 47.6 Å². The van der Waals surface area contributed by atoms with Crippen LogP contribution in [-0.2, 0) is 4.79 Å². The van der Waals surface area contributed by atoms with E-state index in [1.165, 1.54) is 6.07 Å². The first-order chi connectivity index (χ1) is 13.1. The minimum atomic E-state index is -0.269. The molecule has 2 aliphatic heterocycles. The maximum absolute atomic E-state index is 14.0. The average molecular weight is 389 g/mol. The Morgan fingerprint density at radius 1 is 1.04 bits per heavy atom.